The van der Waals surface area contributed by atoms with Crippen LogP contribution in [0.3, 0.4) is 0 Å². The molecular formula is C14H24N2O. The van der Waals surface area contributed by atoms with Crippen molar-refractivity contribution in [2.45, 2.75) is 51.0 Å². The first kappa shape index (κ1) is 11.5. The third-order valence-corrected chi connectivity index (χ3v) is 5.27. The molecule has 2 bridgehead atoms. The highest BCUT2D eigenvalue weighted by Gasteiger charge is 2.39. The summed E-state index contributed by atoms with van der Waals surface area (Å²) in [5, 5.41) is 3.18. The van der Waals surface area contributed by atoms with Gasteiger partial charge < -0.3 is 11.1 Å². The van der Waals surface area contributed by atoms with E-state index >= 15 is 0 Å². The van der Waals surface area contributed by atoms with Gasteiger partial charge in [-0.1, -0.05) is 6.42 Å². The van der Waals surface area contributed by atoms with Crippen molar-refractivity contribution in [2.24, 2.45) is 29.4 Å². The Balaban J connectivity index is 1.43. The van der Waals surface area contributed by atoms with E-state index in [0.29, 0.717) is 0 Å². The monoisotopic (exact) mass is 236 g/mol. The molecule has 0 aliphatic heterocycles. The number of amides is 1. The lowest BCUT2D eigenvalue weighted by Gasteiger charge is -2.22. The molecule has 0 heterocycles. The molecule has 3 heteroatoms. The summed E-state index contributed by atoms with van der Waals surface area (Å²) in [7, 11) is 0. The minimum atomic E-state index is 0.198. The molecule has 0 aromatic carbocycles. The van der Waals surface area contributed by atoms with Crippen LogP contribution in [0.5, 0.6) is 0 Å². The van der Waals surface area contributed by atoms with Gasteiger partial charge in [0.05, 0.1) is 0 Å². The van der Waals surface area contributed by atoms with Crippen molar-refractivity contribution in [2.75, 3.05) is 6.54 Å². The summed E-state index contributed by atoms with van der Waals surface area (Å²) in [6, 6.07) is 0.258. The Bertz CT molecular complexity index is 305. The molecule has 3 N–H and O–H groups in total. The summed E-state index contributed by atoms with van der Waals surface area (Å²) in [5.41, 5.74) is 5.85. The predicted molar refractivity (Wildman–Crippen MR) is 67.3 cm³/mol. The first-order chi connectivity index (χ1) is 8.22. The van der Waals surface area contributed by atoms with E-state index in [1.165, 1.54) is 25.7 Å². The quantitative estimate of drug-likeness (QED) is 0.783. The molecule has 3 fully saturated rings. The van der Waals surface area contributed by atoms with Gasteiger partial charge in [-0.05, 0) is 56.3 Å². The average Bonchev–Trinajstić information content (AvgIpc) is 3.01. The lowest BCUT2D eigenvalue weighted by Crippen LogP contribution is -2.35. The largest absolute Gasteiger partial charge is 0.356 e. The Morgan fingerprint density at radius 1 is 1.12 bits per heavy atom. The zero-order valence-corrected chi connectivity index (χ0v) is 10.5. The molecule has 3 rings (SSSR count). The highest BCUT2D eigenvalue weighted by atomic mass is 16.1. The van der Waals surface area contributed by atoms with Crippen molar-refractivity contribution >= 4 is 5.91 Å². The fraction of sp³-hybridized carbons (Fsp3) is 0.929. The molecule has 5 atom stereocenters. The molecule has 3 saturated carbocycles. The van der Waals surface area contributed by atoms with E-state index in [1.54, 1.807) is 0 Å². The Kier molecular flexibility index (Phi) is 3.12. The van der Waals surface area contributed by atoms with Crippen molar-refractivity contribution in [3.8, 4) is 0 Å². The third kappa shape index (κ3) is 2.35. The minimum absolute atomic E-state index is 0.198. The van der Waals surface area contributed by atoms with E-state index in [4.69, 9.17) is 5.73 Å². The van der Waals surface area contributed by atoms with Gasteiger partial charge in [0.25, 0.3) is 0 Å². The smallest absolute Gasteiger partial charge is 0.223 e. The number of hydrogen-bond donors (Lipinski definition) is 2. The Morgan fingerprint density at radius 3 is 2.59 bits per heavy atom. The normalized spacial score (nSPS) is 44.2. The van der Waals surface area contributed by atoms with Gasteiger partial charge in [0.2, 0.25) is 5.91 Å². The van der Waals surface area contributed by atoms with Crippen LogP contribution in [0, 0.1) is 23.7 Å². The summed E-state index contributed by atoms with van der Waals surface area (Å²) < 4.78 is 0. The van der Waals surface area contributed by atoms with Crippen molar-refractivity contribution in [3.63, 3.8) is 0 Å². The van der Waals surface area contributed by atoms with E-state index in [-0.39, 0.29) is 17.9 Å². The number of hydrogen-bond acceptors (Lipinski definition) is 2. The average molecular weight is 236 g/mol. The number of nitrogens with two attached hydrogens (primary N) is 1. The summed E-state index contributed by atoms with van der Waals surface area (Å²) in [4.78, 5) is 12.0. The Morgan fingerprint density at radius 2 is 2.00 bits per heavy atom. The highest BCUT2D eigenvalue weighted by Crippen LogP contribution is 2.47. The summed E-state index contributed by atoms with van der Waals surface area (Å²) in [6.45, 7) is 0.922. The molecule has 17 heavy (non-hydrogen) atoms. The minimum Gasteiger partial charge on any atom is -0.356 e. The molecule has 3 aliphatic rings. The van der Waals surface area contributed by atoms with Gasteiger partial charge in [0, 0.05) is 18.5 Å². The van der Waals surface area contributed by atoms with Gasteiger partial charge in [-0.25, -0.2) is 0 Å². The fourth-order valence-corrected chi connectivity index (χ4v) is 4.26. The van der Waals surface area contributed by atoms with Crippen LogP contribution < -0.4 is 11.1 Å². The summed E-state index contributed by atoms with van der Waals surface area (Å²) in [6.07, 6.45) is 8.52. The van der Waals surface area contributed by atoms with E-state index < -0.39 is 0 Å². The summed E-state index contributed by atoms with van der Waals surface area (Å²) in [5.74, 6) is 3.12. The SMILES string of the molecule is NC1CCC(C(=O)NCC2CC3CCC2C3)C1. The number of fused-ring (bicyclic) bond motifs is 2. The first-order valence-electron chi connectivity index (χ1n) is 7.25. The molecular weight excluding hydrogens is 212 g/mol. The zero-order chi connectivity index (χ0) is 11.8. The van der Waals surface area contributed by atoms with Crippen LogP contribution in [0.25, 0.3) is 0 Å². The lowest BCUT2D eigenvalue weighted by molar-refractivity contribution is -0.125. The predicted octanol–water partition coefficient (Wildman–Crippen LogP) is 1.67. The van der Waals surface area contributed by atoms with Crippen LogP contribution in [-0.4, -0.2) is 18.5 Å². The zero-order valence-electron chi connectivity index (χ0n) is 10.5. The Hall–Kier alpha value is -0.570. The molecule has 0 aromatic rings. The van der Waals surface area contributed by atoms with Gasteiger partial charge >= 0.3 is 0 Å². The van der Waals surface area contributed by atoms with Crippen molar-refractivity contribution < 1.29 is 4.79 Å². The van der Waals surface area contributed by atoms with Gasteiger partial charge in [-0.2, -0.15) is 0 Å². The molecule has 0 saturated heterocycles. The molecule has 96 valence electrons. The van der Waals surface area contributed by atoms with E-state index in [2.05, 4.69) is 5.32 Å². The van der Waals surface area contributed by atoms with Gasteiger partial charge in [0.15, 0.2) is 0 Å². The van der Waals surface area contributed by atoms with Crippen LogP contribution in [-0.2, 0) is 4.79 Å². The molecule has 3 aliphatic carbocycles. The molecule has 0 spiro atoms. The maximum absolute atomic E-state index is 12.0. The Labute approximate surface area is 104 Å². The number of carbonyl (C=O) groups is 1. The topological polar surface area (TPSA) is 55.1 Å². The van der Waals surface area contributed by atoms with Crippen LogP contribution in [0.4, 0.5) is 0 Å². The van der Waals surface area contributed by atoms with Crippen molar-refractivity contribution in [3.05, 3.63) is 0 Å². The standard InChI is InChI=1S/C14H24N2O/c15-13-4-3-11(7-13)14(17)16-8-12-6-9-1-2-10(12)5-9/h9-13H,1-8,15H2,(H,16,17). The van der Waals surface area contributed by atoms with E-state index in [1.807, 2.05) is 0 Å². The highest BCUT2D eigenvalue weighted by molar-refractivity contribution is 5.79. The number of carbonyl (C=O) groups excluding carboxylic acids is 1. The fourth-order valence-electron chi connectivity index (χ4n) is 4.26. The van der Waals surface area contributed by atoms with Gasteiger partial charge in [0.1, 0.15) is 0 Å². The van der Waals surface area contributed by atoms with Crippen molar-refractivity contribution in [1.29, 1.82) is 0 Å². The van der Waals surface area contributed by atoms with E-state index in [0.717, 1.165) is 43.6 Å². The molecule has 0 aromatic heterocycles. The number of nitrogens with one attached hydrogen (secondary N) is 1. The number of rotatable bonds is 3. The maximum Gasteiger partial charge on any atom is 0.223 e. The molecule has 5 unspecified atom stereocenters. The third-order valence-electron chi connectivity index (χ3n) is 5.27. The lowest BCUT2D eigenvalue weighted by atomic mass is 9.88. The van der Waals surface area contributed by atoms with Gasteiger partial charge in [-0.15, -0.1) is 0 Å². The van der Waals surface area contributed by atoms with Crippen molar-refractivity contribution in [1.82, 2.24) is 5.32 Å². The molecule has 1 amide bonds. The second-order valence-electron chi connectivity index (χ2n) is 6.45. The van der Waals surface area contributed by atoms with Crippen LogP contribution in [0.15, 0.2) is 0 Å². The second-order valence-corrected chi connectivity index (χ2v) is 6.45. The van der Waals surface area contributed by atoms with E-state index in [9.17, 15) is 4.79 Å². The van der Waals surface area contributed by atoms with Crippen LogP contribution >= 0.6 is 0 Å². The van der Waals surface area contributed by atoms with Crippen LogP contribution in [0.1, 0.15) is 44.9 Å². The second kappa shape index (κ2) is 4.60. The maximum atomic E-state index is 12.0. The van der Waals surface area contributed by atoms with Crippen LogP contribution in [0.2, 0.25) is 0 Å². The van der Waals surface area contributed by atoms with Gasteiger partial charge in [-0.3, -0.25) is 4.79 Å². The summed E-state index contributed by atoms with van der Waals surface area (Å²) >= 11 is 0. The first-order valence-corrected chi connectivity index (χ1v) is 7.25. The molecule has 3 nitrogen and oxygen atoms in total. The molecule has 0 radical (unpaired) electrons.